The summed E-state index contributed by atoms with van der Waals surface area (Å²) in [5.74, 6) is -2.30. The molecule has 1 aliphatic heterocycles. The van der Waals surface area contributed by atoms with Gasteiger partial charge in [0.1, 0.15) is 12.6 Å². The van der Waals surface area contributed by atoms with E-state index in [1.54, 1.807) is 13.0 Å². The predicted octanol–water partition coefficient (Wildman–Crippen LogP) is 1.68. The molecule has 1 unspecified atom stereocenters. The minimum Gasteiger partial charge on any atom is -0.434 e. The Morgan fingerprint density at radius 3 is 2.52 bits per heavy atom. The van der Waals surface area contributed by atoms with Crippen molar-refractivity contribution in [2.45, 2.75) is 50.5 Å². The van der Waals surface area contributed by atoms with Crippen LogP contribution in [0, 0.1) is 12.8 Å². The van der Waals surface area contributed by atoms with Crippen molar-refractivity contribution in [3.05, 3.63) is 63.2 Å². The molecule has 14 heteroatoms. The molecule has 0 aromatic heterocycles. The van der Waals surface area contributed by atoms with Crippen molar-refractivity contribution >= 4 is 39.5 Å². The normalized spacial score (nSPS) is 14.5. The van der Waals surface area contributed by atoms with E-state index in [9.17, 15) is 22.8 Å². The number of fused-ring (bicyclic) bond motifs is 1. The molecule has 0 saturated carbocycles. The number of aryl methyl sites for hydroxylation is 1. The Balaban J connectivity index is 1.82. The summed E-state index contributed by atoms with van der Waals surface area (Å²) in [6.07, 6.45) is -1.10. The minimum absolute atomic E-state index is 0.0316. The lowest BCUT2D eigenvalue weighted by Gasteiger charge is -2.24. The standard InChI is InChI=1S/C28H35ClN2O10S/c1-16-9-20-12-30-8-7-22(20)25(29)24(16)26(34)31-23(11-18-5-4-6-21(10-18)42(3,37)38)27(35)40-17(2)41-28(36)39-15-19(13-32)14-33/h4-6,9-10,17,19,23,30,32-33H,7-8,11-15H2,1-3H3,(H,31,34)/t17?,23-/m0/s1. The van der Waals surface area contributed by atoms with Crippen LogP contribution in [0.4, 0.5) is 4.79 Å². The third kappa shape index (κ3) is 8.88. The first-order valence-electron chi connectivity index (χ1n) is 13.2. The number of aliphatic hydroxyl groups is 2. The number of nitrogens with one attached hydrogen (secondary N) is 2. The van der Waals surface area contributed by atoms with E-state index >= 15 is 0 Å². The zero-order chi connectivity index (χ0) is 31.0. The summed E-state index contributed by atoms with van der Waals surface area (Å²) >= 11 is 6.66. The number of hydrogen-bond acceptors (Lipinski definition) is 11. The van der Waals surface area contributed by atoms with Crippen LogP contribution in [0.3, 0.4) is 0 Å². The van der Waals surface area contributed by atoms with E-state index in [2.05, 4.69) is 10.6 Å². The largest absolute Gasteiger partial charge is 0.511 e. The van der Waals surface area contributed by atoms with E-state index in [4.69, 9.17) is 36.0 Å². The summed E-state index contributed by atoms with van der Waals surface area (Å²) in [6.45, 7) is 3.16. The van der Waals surface area contributed by atoms with Gasteiger partial charge in [-0.15, -0.1) is 0 Å². The molecule has 1 heterocycles. The maximum absolute atomic E-state index is 13.5. The number of sulfone groups is 1. The molecule has 3 rings (SSSR count). The highest BCUT2D eigenvalue weighted by molar-refractivity contribution is 7.90. The molecule has 0 aliphatic carbocycles. The molecule has 230 valence electrons. The van der Waals surface area contributed by atoms with E-state index in [0.717, 1.165) is 17.4 Å². The molecule has 4 N–H and O–H groups in total. The summed E-state index contributed by atoms with van der Waals surface area (Å²) < 4.78 is 39.2. The second-order valence-corrected chi connectivity index (χ2v) is 12.4. The summed E-state index contributed by atoms with van der Waals surface area (Å²) in [4.78, 5) is 38.8. The van der Waals surface area contributed by atoms with E-state index in [1.807, 2.05) is 6.07 Å². The van der Waals surface area contributed by atoms with Gasteiger partial charge in [-0.05, 0) is 54.3 Å². The Morgan fingerprint density at radius 1 is 1.14 bits per heavy atom. The molecule has 0 fully saturated rings. The first-order chi connectivity index (χ1) is 19.8. The molecule has 1 aliphatic rings. The number of halogens is 1. The van der Waals surface area contributed by atoms with Crippen LogP contribution in [0.15, 0.2) is 35.2 Å². The second kappa shape index (κ2) is 14.8. The number of ether oxygens (including phenoxy) is 3. The fourth-order valence-corrected chi connectivity index (χ4v) is 5.52. The predicted molar refractivity (Wildman–Crippen MR) is 152 cm³/mol. The Kier molecular flexibility index (Phi) is 11.7. The summed E-state index contributed by atoms with van der Waals surface area (Å²) in [5, 5.41) is 24.4. The van der Waals surface area contributed by atoms with Gasteiger partial charge in [0.2, 0.25) is 6.29 Å². The van der Waals surface area contributed by atoms with Gasteiger partial charge in [-0.25, -0.2) is 18.0 Å². The topological polar surface area (TPSA) is 178 Å². The lowest BCUT2D eigenvalue weighted by Crippen LogP contribution is -2.45. The number of aliphatic hydroxyl groups excluding tert-OH is 2. The quantitative estimate of drug-likeness (QED) is 0.199. The van der Waals surface area contributed by atoms with Crippen LogP contribution in [0.2, 0.25) is 5.02 Å². The van der Waals surface area contributed by atoms with Crippen LogP contribution in [0.5, 0.6) is 0 Å². The molecule has 12 nitrogen and oxygen atoms in total. The van der Waals surface area contributed by atoms with Crippen LogP contribution in [0.1, 0.15) is 39.5 Å². The van der Waals surface area contributed by atoms with Gasteiger partial charge in [-0.1, -0.05) is 29.8 Å². The molecule has 0 radical (unpaired) electrons. The van der Waals surface area contributed by atoms with Crippen molar-refractivity contribution in [3.63, 3.8) is 0 Å². The minimum atomic E-state index is -3.54. The number of esters is 1. The Labute approximate surface area is 249 Å². The number of hydrogen-bond donors (Lipinski definition) is 4. The summed E-state index contributed by atoms with van der Waals surface area (Å²) in [7, 11) is -3.54. The lowest BCUT2D eigenvalue weighted by molar-refractivity contribution is -0.170. The number of carbonyl (C=O) groups is 3. The van der Waals surface area contributed by atoms with Crippen molar-refractivity contribution in [2.24, 2.45) is 5.92 Å². The fraction of sp³-hybridized carbons (Fsp3) is 0.464. The third-order valence-electron chi connectivity index (χ3n) is 6.61. The maximum atomic E-state index is 13.5. The van der Waals surface area contributed by atoms with E-state index in [-0.39, 0.29) is 23.5 Å². The highest BCUT2D eigenvalue weighted by Gasteiger charge is 2.29. The van der Waals surface area contributed by atoms with Gasteiger partial charge < -0.3 is 35.1 Å². The van der Waals surface area contributed by atoms with Crippen LogP contribution < -0.4 is 10.6 Å². The highest BCUT2D eigenvalue weighted by atomic mass is 35.5. The van der Waals surface area contributed by atoms with Crippen molar-refractivity contribution < 1.29 is 47.2 Å². The fourth-order valence-electron chi connectivity index (χ4n) is 4.38. The third-order valence-corrected chi connectivity index (χ3v) is 8.13. The number of rotatable bonds is 12. The van der Waals surface area contributed by atoms with E-state index in [0.29, 0.717) is 35.7 Å². The molecule has 2 aromatic rings. The SMILES string of the molecule is Cc1cc2c(c(Cl)c1C(=O)N[C@@H](Cc1cccc(S(C)(=O)=O)c1)C(=O)OC(C)OC(=O)OCC(CO)CO)CCNC2. The van der Waals surface area contributed by atoms with Crippen LogP contribution >= 0.6 is 11.6 Å². The van der Waals surface area contributed by atoms with Gasteiger partial charge >= 0.3 is 12.1 Å². The number of benzene rings is 2. The van der Waals surface area contributed by atoms with Gasteiger partial charge in [0, 0.05) is 32.1 Å². The van der Waals surface area contributed by atoms with Crippen molar-refractivity contribution in [3.8, 4) is 0 Å². The van der Waals surface area contributed by atoms with Crippen LogP contribution in [-0.2, 0) is 48.2 Å². The molecule has 0 saturated heterocycles. The smallest absolute Gasteiger partial charge is 0.434 e. The molecule has 42 heavy (non-hydrogen) atoms. The number of carbonyl (C=O) groups excluding carboxylic acids is 3. The first-order valence-corrected chi connectivity index (χ1v) is 15.5. The van der Waals surface area contributed by atoms with Crippen molar-refractivity contribution in [2.75, 3.05) is 32.6 Å². The summed E-state index contributed by atoms with van der Waals surface area (Å²) in [5.41, 5.74) is 3.06. The van der Waals surface area contributed by atoms with E-state index in [1.165, 1.54) is 25.1 Å². The van der Waals surface area contributed by atoms with E-state index < -0.39 is 59.3 Å². The van der Waals surface area contributed by atoms with Crippen LogP contribution in [0.25, 0.3) is 0 Å². The van der Waals surface area contributed by atoms with Crippen molar-refractivity contribution in [1.82, 2.24) is 10.6 Å². The van der Waals surface area contributed by atoms with Crippen molar-refractivity contribution in [1.29, 1.82) is 0 Å². The zero-order valence-corrected chi connectivity index (χ0v) is 25.1. The van der Waals surface area contributed by atoms with Gasteiger partial charge in [0.05, 0.1) is 28.7 Å². The average Bonchev–Trinajstić information content (AvgIpc) is 2.92. The second-order valence-electron chi connectivity index (χ2n) is 10.0. The average molecular weight is 627 g/mol. The molecule has 0 spiro atoms. The molecule has 0 bridgehead atoms. The molecule has 2 atom stereocenters. The molecule has 1 amide bonds. The first kappa shape index (κ1) is 33.3. The lowest BCUT2D eigenvalue weighted by atomic mass is 9.94. The Morgan fingerprint density at radius 2 is 1.86 bits per heavy atom. The van der Waals surface area contributed by atoms with Gasteiger partial charge in [0.15, 0.2) is 9.84 Å². The van der Waals surface area contributed by atoms with Gasteiger partial charge in [-0.3, -0.25) is 4.79 Å². The molecular weight excluding hydrogens is 592 g/mol. The van der Waals surface area contributed by atoms with Gasteiger partial charge in [-0.2, -0.15) is 0 Å². The zero-order valence-electron chi connectivity index (χ0n) is 23.5. The maximum Gasteiger partial charge on any atom is 0.511 e. The monoisotopic (exact) mass is 626 g/mol. The molecule has 2 aromatic carbocycles. The highest BCUT2D eigenvalue weighted by Crippen LogP contribution is 2.30. The number of amides is 1. The van der Waals surface area contributed by atoms with Gasteiger partial charge in [0.25, 0.3) is 5.91 Å². The summed E-state index contributed by atoms with van der Waals surface area (Å²) in [6, 6.07) is 6.46. The Bertz CT molecular complexity index is 1410. The van der Waals surface area contributed by atoms with Crippen LogP contribution in [-0.4, -0.2) is 81.6 Å². The Hall–Kier alpha value is -3.23. The molecular formula is C28H35ClN2O10S.